The van der Waals surface area contributed by atoms with E-state index in [-0.39, 0.29) is 41.9 Å². The topological polar surface area (TPSA) is 145 Å². The Labute approximate surface area is 240 Å². The Morgan fingerprint density at radius 2 is 1.71 bits per heavy atom. The number of carbonyl (C=O) groups excluding carboxylic acids is 5. The van der Waals surface area contributed by atoms with Gasteiger partial charge in [-0.05, 0) is 50.6 Å². The van der Waals surface area contributed by atoms with Gasteiger partial charge in [0.15, 0.2) is 0 Å². The summed E-state index contributed by atoms with van der Waals surface area (Å²) in [7, 11) is 0. The van der Waals surface area contributed by atoms with E-state index in [0.29, 0.717) is 17.1 Å². The Hall–Kier alpha value is -4.64. The minimum absolute atomic E-state index is 0.00920. The van der Waals surface area contributed by atoms with E-state index in [2.05, 4.69) is 16.0 Å². The van der Waals surface area contributed by atoms with Crippen LogP contribution in [-0.2, 0) is 25.6 Å². The summed E-state index contributed by atoms with van der Waals surface area (Å²) in [4.78, 5) is 62.7. The third-order valence-corrected chi connectivity index (χ3v) is 6.13. The molecule has 0 saturated heterocycles. The fourth-order valence-electron chi connectivity index (χ4n) is 4.15. The summed E-state index contributed by atoms with van der Waals surface area (Å²) in [5, 5.41) is 8.55. The van der Waals surface area contributed by atoms with E-state index in [9.17, 15) is 24.0 Å². The van der Waals surface area contributed by atoms with Crippen LogP contribution in [0.5, 0.6) is 0 Å². The lowest BCUT2D eigenvalue weighted by molar-refractivity contribution is -0.135. The normalized spacial score (nSPS) is 12.9. The van der Waals surface area contributed by atoms with Crippen LogP contribution in [0.15, 0.2) is 60.4 Å². The first-order chi connectivity index (χ1) is 19.4. The molecule has 0 fully saturated rings. The molecule has 3 amide bonds. The van der Waals surface area contributed by atoms with Crippen molar-refractivity contribution in [2.75, 3.05) is 19.7 Å². The molecule has 0 aliphatic carbocycles. The van der Waals surface area contributed by atoms with Crippen molar-refractivity contribution in [1.29, 1.82) is 0 Å². The van der Waals surface area contributed by atoms with Gasteiger partial charge < -0.3 is 30.0 Å². The second kappa shape index (κ2) is 12.3. The highest BCUT2D eigenvalue weighted by molar-refractivity contribution is 6.45. The van der Waals surface area contributed by atoms with Crippen LogP contribution in [0.3, 0.4) is 0 Å². The lowest BCUT2D eigenvalue weighted by Gasteiger charge is -2.19. The molecule has 4 rings (SSSR count). The van der Waals surface area contributed by atoms with Gasteiger partial charge in [-0.15, -0.1) is 0 Å². The number of cyclic esters (lactones) is 1. The number of nitrogens with one attached hydrogen (secondary N) is 3. The standard InChI is InChI=1S/C29H29ClN4O7/c1-29(2,3)41-28(39)32-12-11-31-26(37)20-5-4-6-22-24(20)21(15-34(22)14-17-7-9-18(30)10-8-17)25(36)27(38)33-19-13-23(35)40-16-19/h4-10,13,15H,11-12,14,16H2,1-3H3,(H,31,37)(H,32,39)(H,33,38). The van der Waals surface area contributed by atoms with Gasteiger partial charge in [-0.3, -0.25) is 14.4 Å². The number of fused-ring (bicyclic) bond motifs is 1. The third-order valence-electron chi connectivity index (χ3n) is 5.88. The van der Waals surface area contributed by atoms with Gasteiger partial charge in [-0.25, -0.2) is 9.59 Å². The summed E-state index contributed by atoms with van der Waals surface area (Å²) < 4.78 is 11.7. The molecule has 2 aromatic carbocycles. The molecule has 1 aliphatic heterocycles. The van der Waals surface area contributed by atoms with E-state index in [4.69, 9.17) is 21.1 Å². The molecule has 1 aromatic heterocycles. The van der Waals surface area contributed by atoms with Crippen LogP contribution in [0.25, 0.3) is 10.9 Å². The quantitative estimate of drug-likeness (QED) is 0.152. The van der Waals surface area contributed by atoms with E-state index >= 15 is 0 Å². The molecule has 0 spiro atoms. The molecule has 0 unspecified atom stereocenters. The van der Waals surface area contributed by atoms with E-state index in [0.717, 1.165) is 11.6 Å². The van der Waals surface area contributed by atoms with Gasteiger partial charge in [0.2, 0.25) is 0 Å². The molecular formula is C29H29ClN4O7. The Kier molecular flexibility index (Phi) is 8.77. The maximum Gasteiger partial charge on any atom is 0.407 e. The fraction of sp³-hybridized carbons (Fsp3) is 0.276. The van der Waals surface area contributed by atoms with Crippen LogP contribution in [0.1, 0.15) is 47.1 Å². The Morgan fingerprint density at radius 3 is 2.37 bits per heavy atom. The highest BCUT2D eigenvalue weighted by Gasteiger charge is 2.27. The highest BCUT2D eigenvalue weighted by Crippen LogP contribution is 2.27. The average Bonchev–Trinajstić information content (AvgIpc) is 3.49. The summed E-state index contributed by atoms with van der Waals surface area (Å²) in [5.41, 5.74) is 1.11. The smallest absolute Gasteiger partial charge is 0.407 e. The molecule has 3 aromatic rings. The third kappa shape index (κ3) is 7.52. The van der Waals surface area contributed by atoms with Crippen molar-refractivity contribution < 1.29 is 33.4 Å². The molecule has 0 saturated carbocycles. The SMILES string of the molecule is CC(C)(C)OC(=O)NCCNC(=O)c1cccc2c1c(C(=O)C(=O)NC1=CC(=O)OC1)cn2Cc1ccc(Cl)cc1. The van der Waals surface area contributed by atoms with E-state index in [1.54, 1.807) is 55.7 Å². The van der Waals surface area contributed by atoms with Crippen molar-refractivity contribution in [3.8, 4) is 0 Å². The molecule has 3 N–H and O–H groups in total. The minimum atomic E-state index is -0.975. The van der Waals surface area contributed by atoms with Gasteiger partial charge in [0, 0.05) is 53.4 Å². The predicted octanol–water partition coefficient (Wildman–Crippen LogP) is 3.34. The van der Waals surface area contributed by atoms with Crippen LogP contribution < -0.4 is 16.0 Å². The molecule has 1 aliphatic rings. The monoisotopic (exact) mass is 580 g/mol. The van der Waals surface area contributed by atoms with Crippen molar-refractivity contribution in [1.82, 2.24) is 20.5 Å². The van der Waals surface area contributed by atoms with Crippen molar-refractivity contribution in [3.63, 3.8) is 0 Å². The molecule has 0 bridgehead atoms. The van der Waals surface area contributed by atoms with Gasteiger partial charge >= 0.3 is 12.1 Å². The summed E-state index contributed by atoms with van der Waals surface area (Å²) in [6, 6.07) is 12.1. The average molecular weight is 581 g/mol. The highest BCUT2D eigenvalue weighted by atomic mass is 35.5. The first-order valence-corrected chi connectivity index (χ1v) is 13.1. The number of hydrogen-bond donors (Lipinski definition) is 3. The number of halogens is 1. The Bertz CT molecular complexity index is 1550. The second-order valence-corrected chi connectivity index (χ2v) is 10.7. The van der Waals surface area contributed by atoms with Crippen molar-refractivity contribution >= 4 is 52.2 Å². The number of alkyl carbamates (subject to hydrolysis) is 1. The number of rotatable bonds is 9. The number of carbonyl (C=O) groups is 5. The second-order valence-electron chi connectivity index (χ2n) is 10.2. The summed E-state index contributed by atoms with van der Waals surface area (Å²) in [5.74, 6) is -2.99. The predicted molar refractivity (Wildman–Crippen MR) is 151 cm³/mol. The van der Waals surface area contributed by atoms with Gasteiger partial charge in [0.05, 0.1) is 11.3 Å². The lowest BCUT2D eigenvalue weighted by Crippen LogP contribution is -2.38. The van der Waals surface area contributed by atoms with Crippen LogP contribution in [-0.4, -0.2) is 59.5 Å². The zero-order valence-corrected chi connectivity index (χ0v) is 23.5. The van der Waals surface area contributed by atoms with Crippen molar-refractivity contribution in [3.05, 3.63) is 82.1 Å². The summed E-state index contributed by atoms with van der Waals surface area (Å²) in [6.07, 6.45) is 2.00. The first-order valence-electron chi connectivity index (χ1n) is 12.8. The van der Waals surface area contributed by atoms with E-state index in [1.165, 1.54) is 6.20 Å². The molecule has 214 valence electrons. The van der Waals surface area contributed by atoms with Crippen LogP contribution >= 0.6 is 11.6 Å². The molecular weight excluding hydrogens is 552 g/mol. The number of esters is 1. The zero-order chi connectivity index (χ0) is 29.7. The van der Waals surface area contributed by atoms with Gasteiger partial charge in [-0.1, -0.05) is 29.8 Å². The number of benzene rings is 2. The number of ether oxygens (including phenoxy) is 2. The number of ketones is 1. The van der Waals surface area contributed by atoms with Gasteiger partial charge in [-0.2, -0.15) is 0 Å². The van der Waals surface area contributed by atoms with Crippen LogP contribution in [0.2, 0.25) is 5.02 Å². The molecule has 2 heterocycles. The number of nitrogens with zero attached hydrogens (tertiary/aromatic N) is 1. The molecule has 41 heavy (non-hydrogen) atoms. The van der Waals surface area contributed by atoms with Gasteiger partial charge in [0.25, 0.3) is 17.6 Å². The number of hydrogen-bond acceptors (Lipinski definition) is 7. The van der Waals surface area contributed by atoms with E-state index < -0.39 is 35.3 Å². The van der Waals surface area contributed by atoms with Gasteiger partial charge in [0.1, 0.15) is 12.2 Å². The molecule has 0 radical (unpaired) electrons. The Balaban J connectivity index is 1.61. The minimum Gasteiger partial charge on any atom is -0.456 e. The van der Waals surface area contributed by atoms with E-state index in [1.807, 2.05) is 12.1 Å². The maximum atomic E-state index is 13.4. The number of aromatic nitrogens is 1. The largest absolute Gasteiger partial charge is 0.456 e. The fourth-order valence-corrected chi connectivity index (χ4v) is 4.28. The number of amides is 3. The summed E-state index contributed by atoms with van der Waals surface area (Å²) in [6.45, 7) is 5.61. The zero-order valence-electron chi connectivity index (χ0n) is 22.7. The van der Waals surface area contributed by atoms with Crippen molar-refractivity contribution in [2.24, 2.45) is 0 Å². The lowest BCUT2D eigenvalue weighted by atomic mass is 10.0. The number of Topliss-reactive ketones (excluding diaryl/α,β-unsaturated/α-hetero) is 1. The maximum absolute atomic E-state index is 13.4. The van der Waals surface area contributed by atoms with Crippen LogP contribution in [0, 0.1) is 0 Å². The van der Waals surface area contributed by atoms with Crippen LogP contribution in [0.4, 0.5) is 4.79 Å². The first kappa shape index (κ1) is 29.3. The molecule has 12 heteroatoms. The molecule has 0 atom stereocenters. The summed E-state index contributed by atoms with van der Waals surface area (Å²) >= 11 is 6.02. The molecule has 11 nitrogen and oxygen atoms in total. The Morgan fingerprint density at radius 1 is 1.00 bits per heavy atom. The van der Waals surface area contributed by atoms with Crippen molar-refractivity contribution in [2.45, 2.75) is 32.9 Å².